The average molecular weight is 581 g/mol. The summed E-state index contributed by atoms with van der Waals surface area (Å²) in [5, 5.41) is 7.68. The quantitative estimate of drug-likeness (QED) is 0.231. The molecule has 224 valence electrons. The van der Waals surface area contributed by atoms with Gasteiger partial charge in [-0.1, -0.05) is 52.3 Å². The first-order valence-electron chi connectivity index (χ1n) is 15.0. The van der Waals surface area contributed by atoms with Crippen molar-refractivity contribution in [3.8, 4) is 0 Å². The van der Waals surface area contributed by atoms with Gasteiger partial charge in [-0.25, -0.2) is 3.71 Å². The minimum Gasteiger partial charge on any atom is -0.338 e. The Labute approximate surface area is 250 Å². The Bertz CT molecular complexity index is 849. The van der Waals surface area contributed by atoms with E-state index in [4.69, 9.17) is 15.0 Å². The molecule has 2 fully saturated rings. The molecule has 1 aromatic heterocycles. The van der Waals surface area contributed by atoms with Crippen LogP contribution in [0.2, 0.25) is 0 Å². The number of anilines is 3. The fraction of sp³-hybridized carbons (Fsp3) is 0.897. The van der Waals surface area contributed by atoms with Crippen LogP contribution in [0.4, 0.5) is 17.8 Å². The van der Waals surface area contributed by atoms with Gasteiger partial charge in [-0.3, -0.25) is 0 Å². The number of thiol groups is 2. The lowest BCUT2D eigenvalue weighted by Crippen LogP contribution is -2.63. The molecule has 0 unspecified atom stereocenters. The maximum Gasteiger partial charge on any atom is 0.252 e. The molecule has 2 aliphatic rings. The van der Waals surface area contributed by atoms with Gasteiger partial charge in [0.25, 0.3) is 5.95 Å². The normalized spacial score (nSPS) is 22.5. The topological polar surface area (TPSA) is 72.5 Å². The van der Waals surface area contributed by atoms with E-state index in [-0.39, 0.29) is 22.2 Å². The van der Waals surface area contributed by atoms with E-state index in [1.54, 1.807) is 0 Å². The van der Waals surface area contributed by atoms with Crippen LogP contribution in [0.3, 0.4) is 0 Å². The Morgan fingerprint density at radius 1 is 0.615 bits per heavy atom. The molecule has 0 saturated carbocycles. The first kappa shape index (κ1) is 32.5. The van der Waals surface area contributed by atoms with Crippen molar-refractivity contribution in [2.75, 3.05) is 26.6 Å². The predicted molar refractivity (Wildman–Crippen MR) is 173 cm³/mol. The smallest absolute Gasteiger partial charge is 0.252 e. The van der Waals surface area contributed by atoms with Gasteiger partial charge in [0.1, 0.15) is 0 Å². The molecule has 39 heavy (non-hydrogen) atoms. The second kappa shape index (κ2) is 12.5. The minimum atomic E-state index is 0.0219. The Kier molecular flexibility index (Phi) is 10.4. The number of hydrogen-bond donors (Lipinski definition) is 4. The molecule has 3 heterocycles. The highest BCUT2D eigenvalue weighted by molar-refractivity contribution is 8.00. The third kappa shape index (κ3) is 9.01. The zero-order chi connectivity index (χ0) is 29.2. The zero-order valence-electron chi connectivity index (χ0n) is 26.3. The van der Waals surface area contributed by atoms with Crippen LogP contribution >= 0.6 is 25.6 Å². The number of unbranched alkanes of at least 4 members (excludes halogenated alkanes) is 2. The fourth-order valence-corrected chi connectivity index (χ4v) is 7.39. The second-order valence-electron chi connectivity index (χ2n) is 14.5. The van der Waals surface area contributed by atoms with Crippen molar-refractivity contribution in [2.24, 2.45) is 0 Å². The van der Waals surface area contributed by atoms with Gasteiger partial charge in [-0.05, 0) is 93.9 Å². The lowest BCUT2D eigenvalue weighted by atomic mass is 9.79. The van der Waals surface area contributed by atoms with Crippen LogP contribution in [0.1, 0.15) is 121 Å². The highest BCUT2D eigenvalue weighted by Crippen LogP contribution is 2.36. The van der Waals surface area contributed by atoms with Crippen LogP contribution < -0.4 is 24.1 Å². The second-order valence-corrected chi connectivity index (χ2v) is 15.6. The molecule has 2 N–H and O–H groups in total. The molecule has 0 atom stereocenters. The maximum absolute atomic E-state index is 5.26. The van der Waals surface area contributed by atoms with E-state index in [1.807, 2.05) is 0 Å². The van der Waals surface area contributed by atoms with Gasteiger partial charge in [0.2, 0.25) is 11.9 Å². The molecular weight excluding hydrogens is 525 g/mol. The van der Waals surface area contributed by atoms with Crippen molar-refractivity contribution >= 4 is 43.5 Å². The lowest BCUT2D eigenvalue weighted by Gasteiger charge is -2.50. The van der Waals surface area contributed by atoms with Crippen LogP contribution in [0.15, 0.2) is 0 Å². The molecule has 2 saturated heterocycles. The van der Waals surface area contributed by atoms with E-state index in [2.05, 4.69) is 115 Å². The van der Waals surface area contributed by atoms with Crippen molar-refractivity contribution in [1.29, 1.82) is 0 Å². The largest absolute Gasteiger partial charge is 0.338 e. The van der Waals surface area contributed by atoms with Crippen LogP contribution in [-0.2, 0) is 0 Å². The van der Waals surface area contributed by atoms with Crippen molar-refractivity contribution in [3.63, 3.8) is 0 Å². The highest BCUT2D eigenvalue weighted by atomic mass is 32.2. The molecule has 1 aromatic rings. The van der Waals surface area contributed by atoms with E-state index >= 15 is 0 Å². The zero-order valence-corrected chi connectivity index (χ0v) is 28.1. The standard InChI is InChI=1S/C29H56N8S2/c1-11-13-15-35(21-17-26(3,4)33-27(5,6)18-21)23-30-24(32-25(31-23)37(38)39)36(16-14-12-2)22-19-28(7,8)34-29(9,10)20-22/h21-22,33-34,38-39H,11-20H2,1-10H3. The van der Waals surface area contributed by atoms with Crippen LogP contribution in [0.5, 0.6) is 0 Å². The molecule has 8 nitrogen and oxygen atoms in total. The molecule has 0 bridgehead atoms. The third-order valence-corrected chi connectivity index (χ3v) is 8.37. The summed E-state index contributed by atoms with van der Waals surface area (Å²) in [6.45, 7) is 24.8. The molecule has 3 rings (SSSR count). The molecule has 10 heteroatoms. The highest BCUT2D eigenvalue weighted by Gasteiger charge is 2.42. The first-order valence-corrected chi connectivity index (χ1v) is 15.8. The van der Waals surface area contributed by atoms with Crippen molar-refractivity contribution in [1.82, 2.24) is 25.6 Å². The van der Waals surface area contributed by atoms with Gasteiger partial charge in [0.05, 0.1) is 0 Å². The van der Waals surface area contributed by atoms with Crippen LogP contribution in [-0.4, -0.2) is 62.3 Å². The van der Waals surface area contributed by atoms with Gasteiger partial charge < -0.3 is 20.4 Å². The number of aromatic nitrogens is 3. The Morgan fingerprint density at radius 2 is 0.923 bits per heavy atom. The summed E-state index contributed by atoms with van der Waals surface area (Å²) in [5.41, 5.74) is 0.0878. The number of piperidine rings is 2. The van der Waals surface area contributed by atoms with E-state index < -0.39 is 0 Å². The summed E-state index contributed by atoms with van der Waals surface area (Å²) >= 11 is 9.02. The fourth-order valence-electron chi connectivity index (χ4n) is 7.22. The van der Waals surface area contributed by atoms with E-state index in [1.165, 1.54) is 3.71 Å². The molecule has 2 aliphatic heterocycles. The molecule has 0 aliphatic carbocycles. The van der Waals surface area contributed by atoms with Gasteiger partial charge in [0.15, 0.2) is 0 Å². The summed E-state index contributed by atoms with van der Waals surface area (Å²) < 4.78 is 1.43. The average Bonchev–Trinajstić information content (AvgIpc) is 2.75. The molecule has 0 radical (unpaired) electrons. The summed E-state index contributed by atoms with van der Waals surface area (Å²) in [5.74, 6) is 1.96. The number of nitrogens with one attached hydrogen (secondary N) is 2. The Morgan fingerprint density at radius 3 is 1.21 bits per heavy atom. The molecule has 0 aromatic carbocycles. The first-order chi connectivity index (χ1) is 18.0. The Balaban J connectivity index is 2.10. The maximum atomic E-state index is 5.26. The summed E-state index contributed by atoms with van der Waals surface area (Å²) in [6, 6.07) is 0.639. The molecular formula is C29H56N8S2. The van der Waals surface area contributed by atoms with Crippen molar-refractivity contribution in [2.45, 2.75) is 155 Å². The minimum absolute atomic E-state index is 0.0219. The SMILES string of the molecule is CCCCN(c1nc(N(S)S)nc(N(CCCC)C2CC(C)(C)NC(C)(C)C2)n1)C1CC(C)(C)NC(C)(C)C1. The monoisotopic (exact) mass is 580 g/mol. The summed E-state index contributed by atoms with van der Waals surface area (Å²) in [6.07, 6.45) is 8.51. The van der Waals surface area contributed by atoms with E-state index in [9.17, 15) is 0 Å². The number of nitrogens with zero attached hydrogens (tertiary/aromatic N) is 6. The van der Waals surface area contributed by atoms with Crippen molar-refractivity contribution < 1.29 is 0 Å². The van der Waals surface area contributed by atoms with Crippen LogP contribution in [0.25, 0.3) is 0 Å². The van der Waals surface area contributed by atoms with E-state index in [0.717, 1.165) is 76.4 Å². The van der Waals surface area contributed by atoms with Gasteiger partial charge in [-0.15, -0.1) is 0 Å². The number of hydrogen-bond acceptors (Lipinski definition) is 10. The summed E-state index contributed by atoms with van der Waals surface area (Å²) in [4.78, 5) is 20.0. The molecule has 0 spiro atoms. The van der Waals surface area contributed by atoms with E-state index in [0.29, 0.717) is 18.0 Å². The predicted octanol–water partition coefficient (Wildman–Crippen LogP) is 6.20. The summed E-state index contributed by atoms with van der Waals surface area (Å²) in [7, 11) is 0. The Hall–Kier alpha value is -0.970. The lowest BCUT2D eigenvalue weighted by molar-refractivity contribution is 0.157. The number of rotatable bonds is 11. The third-order valence-electron chi connectivity index (χ3n) is 8.02. The molecule has 0 amide bonds. The van der Waals surface area contributed by atoms with Crippen molar-refractivity contribution in [3.05, 3.63) is 0 Å². The van der Waals surface area contributed by atoms with Gasteiger partial charge in [0, 0.05) is 47.3 Å². The van der Waals surface area contributed by atoms with Crippen LogP contribution in [0, 0.1) is 0 Å². The van der Waals surface area contributed by atoms with Gasteiger partial charge >= 0.3 is 0 Å². The van der Waals surface area contributed by atoms with Gasteiger partial charge in [-0.2, -0.15) is 15.0 Å².